The zero-order valence-electron chi connectivity index (χ0n) is 11.3. The molecule has 0 bridgehead atoms. The largest absolute Gasteiger partial charge is 0.326 e. The number of nitrogens with one attached hydrogen (secondary N) is 1. The zero-order chi connectivity index (χ0) is 15.5. The van der Waals surface area contributed by atoms with Crippen molar-refractivity contribution in [1.29, 1.82) is 0 Å². The van der Waals surface area contributed by atoms with Crippen molar-refractivity contribution in [3.8, 4) is 0 Å². The highest BCUT2D eigenvalue weighted by molar-refractivity contribution is 7.90. The molecule has 0 aliphatic heterocycles. The molecule has 6 heteroatoms. The van der Waals surface area contributed by atoms with Gasteiger partial charge in [0.05, 0.1) is 11.3 Å². The monoisotopic (exact) mass is 307 g/mol. The number of carbonyl (C=O) groups is 1. The molecular formula is C15H14FNO3S. The van der Waals surface area contributed by atoms with E-state index in [0.29, 0.717) is 11.3 Å². The number of anilines is 1. The van der Waals surface area contributed by atoms with Crippen molar-refractivity contribution in [2.75, 3.05) is 11.6 Å². The van der Waals surface area contributed by atoms with Gasteiger partial charge in [-0.1, -0.05) is 18.2 Å². The van der Waals surface area contributed by atoms with Crippen LogP contribution >= 0.6 is 0 Å². The fourth-order valence-corrected chi connectivity index (χ4v) is 2.87. The van der Waals surface area contributed by atoms with Crippen LogP contribution in [0.1, 0.15) is 5.56 Å². The van der Waals surface area contributed by atoms with Crippen molar-refractivity contribution in [2.45, 2.75) is 11.3 Å². The number of benzene rings is 2. The summed E-state index contributed by atoms with van der Waals surface area (Å²) in [5.41, 5.74) is 0.887. The average Bonchev–Trinajstić information content (AvgIpc) is 2.41. The van der Waals surface area contributed by atoms with Gasteiger partial charge in [0, 0.05) is 11.9 Å². The maximum Gasteiger partial charge on any atom is 0.228 e. The molecule has 0 radical (unpaired) electrons. The smallest absolute Gasteiger partial charge is 0.228 e. The zero-order valence-corrected chi connectivity index (χ0v) is 12.2. The van der Waals surface area contributed by atoms with Gasteiger partial charge in [-0.05, 0) is 35.9 Å². The van der Waals surface area contributed by atoms with Crippen molar-refractivity contribution in [3.05, 3.63) is 59.9 Å². The van der Waals surface area contributed by atoms with Crippen molar-refractivity contribution in [2.24, 2.45) is 0 Å². The molecule has 110 valence electrons. The van der Waals surface area contributed by atoms with Crippen LogP contribution in [0.3, 0.4) is 0 Å². The minimum atomic E-state index is -3.39. The second-order valence-corrected chi connectivity index (χ2v) is 6.60. The summed E-state index contributed by atoms with van der Waals surface area (Å²) in [6.45, 7) is 0. The van der Waals surface area contributed by atoms with Gasteiger partial charge in [0.15, 0.2) is 9.84 Å². The molecule has 0 aromatic heterocycles. The molecule has 0 aliphatic rings. The van der Waals surface area contributed by atoms with E-state index in [0.717, 1.165) is 6.26 Å². The number of carbonyl (C=O) groups excluding carboxylic acids is 1. The van der Waals surface area contributed by atoms with Crippen molar-refractivity contribution < 1.29 is 17.6 Å². The predicted octanol–water partition coefficient (Wildman–Crippen LogP) is 2.41. The molecular weight excluding hydrogens is 293 g/mol. The van der Waals surface area contributed by atoms with E-state index in [-0.39, 0.29) is 17.2 Å². The van der Waals surface area contributed by atoms with Gasteiger partial charge >= 0.3 is 0 Å². The number of amides is 1. The second kappa shape index (κ2) is 6.05. The Kier molecular flexibility index (Phi) is 4.37. The molecule has 0 unspecified atom stereocenters. The summed E-state index contributed by atoms with van der Waals surface area (Å²) in [5, 5.41) is 2.60. The van der Waals surface area contributed by atoms with Gasteiger partial charge in [0.25, 0.3) is 0 Å². The van der Waals surface area contributed by atoms with Crippen LogP contribution in [0.4, 0.5) is 10.1 Å². The number of hydrogen-bond donors (Lipinski definition) is 1. The van der Waals surface area contributed by atoms with Crippen LogP contribution < -0.4 is 5.32 Å². The normalized spacial score (nSPS) is 11.1. The minimum Gasteiger partial charge on any atom is -0.326 e. The highest BCUT2D eigenvalue weighted by atomic mass is 32.2. The molecule has 4 nitrogen and oxygen atoms in total. The Morgan fingerprint density at radius 1 is 1.10 bits per heavy atom. The molecule has 0 spiro atoms. The topological polar surface area (TPSA) is 63.2 Å². The fraction of sp³-hybridized carbons (Fsp3) is 0.133. The molecule has 2 aromatic carbocycles. The van der Waals surface area contributed by atoms with E-state index in [1.165, 1.54) is 30.3 Å². The number of rotatable bonds is 4. The summed E-state index contributed by atoms with van der Waals surface area (Å²) in [4.78, 5) is 12.1. The molecule has 0 saturated heterocycles. The van der Waals surface area contributed by atoms with E-state index < -0.39 is 15.7 Å². The third-order valence-corrected chi connectivity index (χ3v) is 4.05. The van der Waals surface area contributed by atoms with Gasteiger partial charge in [-0.2, -0.15) is 0 Å². The lowest BCUT2D eigenvalue weighted by Crippen LogP contribution is -2.16. The Balaban J connectivity index is 2.15. The third kappa shape index (κ3) is 4.13. The van der Waals surface area contributed by atoms with Crippen molar-refractivity contribution in [3.63, 3.8) is 0 Å². The number of hydrogen-bond acceptors (Lipinski definition) is 3. The van der Waals surface area contributed by atoms with Crippen LogP contribution in [0.5, 0.6) is 0 Å². The van der Waals surface area contributed by atoms with Gasteiger partial charge < -0.3 is 5.32 Å². The molecule has 2 rings (SSSR count). The minimum absolute atomic E-state index is 0.0688. The molecule has 1 amide bonds. The van der Waals surface area contributed by atoms with E-state index in [4.69, 9.17) is 0 Å². The van der Waals surface area contributed by atoms with E-state index in [2.05, 4.69) is 5.32 Å². The van der Waals surface area contributed by atoms with Crippen molar-refractivity contribution >= 4 is 21.4 Å². The van der Waals surface area contributed by atoms with E-state index in [1.54, 1.807) is 18.2 Å². The first-order valence-corrected chi connectivity index (χ1v) is 8.09. The van der Waals surface area contributed by atoms with Gasteiger partial charge in [0.1, 0.15) is 5.82 Å². The maximum atomic E-state index is 12.8. The molecule has 0 fully saturated rings. The first kappa shape index (κ1) is 15.2. The Morgan fingerprint density at radius 3 is 2.33 bits per heavy atom. The van der Waals surface area contributed by atoms with Crippen LogP contribution in [0.2, 0.25) is 0 Å². The molecule has 0 aliphatic carbocycles. The summed E-state index contributed by atoms with van der Waals surface area (Å²) in [6, 6.07) is 11.7. The molecule has 0 heterocycles. The first-order chi connectivity index (χ1) is 9.86. The Morgan fingerprint density at radius 2 is 1.71 bits per heavy atom. The molecule has 21 heavy (non-hydrogen) atoms. The summed E-state index contributed by atoms with van der Waals surface area (Å²) < 4.78 is 36.1. The second-order valence-electron chi connectivity index (χ2n) is 4.61. The molecule has 0 atom stereocenters. The van der Waals surface area contributed by atoms with Crippen molar-refractivity contribution in [1.82, 2.24) is 0 Å². The van der Waals surface area contributed by atoms with Crippen LogP contribution in [0.25, 0.3) is 0 Å². The standard InChI is InChI=1S/C15H14FNO3S/c1-21(19,20)14-5-3-2-4-11(14)10-15(18)17-13-8-6-12(16)7-9-13/h2-9H,10H2,1H3,(H,17,18). The quantitative estimate of drug-likeness (QED) is 0.943. The van der Waals surface area contributed by atoms with Crippen LogP contribution in [0.15, 0.2) is 53.4 Å². The SMILES string of the molecule is CS(=O)(=O)c1ccccc1CC(=O)Nc1ccc(F)cc1. The Bertz CT molecular complexity index is 755. The molecule has 2 aromatic rings. The highest BCUT2D eigenvalue weighted by Gasteiger charge is 2.15. The summed E-state index contributed by atoms with van der Waals surface area (Å²) in [5.74, 6) is -0.756. The maximum absolute atomic E-state index is 12.8. The lowest BCUT2D eigenvalue weighted by Gasteiger charge is -2.08. The van der Waals surface area contributed by atoms with E-state index >= 15 is 0 Å². The van der Waals surface area contributed by atoms with Crippen LogP contribution in [0, 0.1) is 5.82 Å². The lowest BCUT2D eigenvalue weighted by molar-refractivity contribution is -0.115. The predicted molar refractivity (Wildman–Crippen MR) is 78.3 cm³/mol. The van der Waals surface area contributed by atoms with Gasteiger partial charge in [-0.25, -0.2) is 12.8 Å². The van der Waals surface area contributed by atoms with Crippen LogP contribution in [-0.2, 0) is 21.1 Å². The average molecular weight is 307 g/mol. The highest BCUT2D eigenvalue weighted by Crippen LogP contribution is 2.17. The van der Waals surface area contributed by atoms with E-state index in [1.807, 2.05) is 0 Å². The van der Waals surface area contributed by atoms with Gasteiger partial charge in [-0.3, -0.25) is 4.79 Å². The van der Waals surface area contributed by atoms with Gasteiger partial charge in [-0.15, -0.1) is 0 Å². The number of sulfone groups is 1. The Hall–Kier alpha value is -2.21. The lowest BCUT2D eigenvalue weighted by atomic mass is 10.1. The molecule has 1 N–H and O–H groups in total. The first-order valence-electron chi connectivity index (χ1n) is 6.19. The fourth-order valence-electron chi connectivity index (χ4n) is 1.92. The summed E-state index contributed by atoms with van der Waals surface area (Å²) in [7, 11) is -3.39. The van der Waals surface area contributed by atoms with Crippen LogP contribution in [-0.4, -0.2) is 20.6 Å². The summed E-state index contributed by atoms with van der Waals surface area (Å²) >= 11 is 0. The molecule has 0 saturated carbocycles. The van der Waals surface area contributed by atoms with E-state index in [9.17, 15) is 17.6 Å². The van der Waals surface area contributed by atoms with Gasteiger partial charge in [0.2, 0.25) is 5.91 Å². The third-order valence-electron chi connectivity index (χ3n) is 2.85. The Labute approximate surface area is 122 Å². The summed E-state index contributed by atoms with van der Waals surface area (Å²) in [6.07, 6.45) is 1.03. The number of halogens is 1.